The molecule has 0 atom stereocenters. The number of rotatable bonds is 3. The second kappa shape index (κ2) is 6.74. The summed E-state index contributed by atoms with van der Waals surface area (Å²) in [6.45, 7) is 5.09. The van der Waals surface area contributed by atoms with Crippen molar-refractivity contribution >= 4 is 17.4 Å². The molecule has 2 aliphatic heterocycles. The van der Waals surface area contributed by atoms with Gasteiger partial charge >= 0.3 is 0 Å². The largest absolute Gasteiger partial charge is 0.365 e. The summed E-state index contributed by atoms with van der Waals surface area (Å²) in [7, 11) is 1.92. The van der Waals surface area contributed by atoms with Crippen LogP contribution < -0.4 is 9.80 Å². The maximum Gasteiger partial charge on any atom is 0.257 e. The number of pyridine rings is 1. The van der Waals surface area contributed by atoms with Crippen LogP contribution in [0.5, 0.6) is 0 Å². The van der Waals surface area contributed by atoms with Crippen LogP contribution in [-0.4, -0.2) is 64.8 Å². The molecular weight excluding hydrogens is 316 g/mol. The van der Waals surface area contributed by atoms with E-state index >= 15 is 0 Å². The van der Waals surface area contributed by atoms with Gasteiger partial charge in [-0.3, -0.25) is 9.48 Å². The molecule has 2 aromatic rings. The summed E-state index contributed by atoms with van der Waals surface area (Å²) in [4.78, 5) is 24.0. The van der Waals surface area contributed by atoms with Crippen molar-refractivity contribution in [1.29, 1.82) is 0 Å². The number of carbonyl (C=O) groups is 1. The van der Waals surface area contributed by atoms with Crippen LogP contribution in [0.2, 0.25) is 0 Å². The summed E-state index contributed by atoms with van der Waals surface area (Å²) < 4.78 is 1.81. The highest BCUT2D eigenvalue weighted by Crippen LogP contribution is 2.24. The summed E-state index contributed by atoms with van der Waals surface area (Å²) in [6, 6.07) is 3.77. The van der Waals surface area contributed by atoms with Crippen LogP contribution in [0.3, 0.4) is 0 Å². The molecule has 7 heteroatoms. The monoisotopic (exact) mass is 340 g/mol. The Morgan fingerprint density at radius 2 is 1.80 bits per heavy atom. The molecular formula is C18H24N6O. The standard InChI is InChI=1S/C18H24N6O/c1-21-14-15(13-20-21)22-9-11-24(12-10-22)18(25)16-5-4-6-19-17(16)23-7-2-3-8-23/h4-6,13-14H,2-3,7-12H2,1H3. The Kier molecular flexibility index (Phi) is 4.29. The van der Waals surface area contributed by atoms with E-state index in [0.717, 1.165) is 56.3 Å². The molecule has 25 heavy (non-hydrogen) atoms. The van der Waals surface area contributed by atoms with Crippen molar-refractivity contribution in [2.24, 2.45) is 7.05 Å². The lowest BCUT2D eigenvalue weighted by Gasteiger charge is -2.35. The summed E-state index contributed by atoms with van der Waals surface area (Å²) in [5.41, 5.74) is 1.85. The highest BCUT2D eigenvalue weighted by atomic mass is 16.2. The van der Waals surface area contributed by atoms with Crippen LogP contribution in [-0.2, 0) is 7.05 Å². The van der Waals surface area contributed by atoms with Gasteiger partial charge in [0.05, 0.1) is 17.4 Å². The Hall–Kier alpha value is -2.57. The van der Waals surface area contributed by atoms with Gasteiger partial charge in [0.2, 0.25) is 0 Å². The van der Waals surface area contributed by atoms with Gasteiger partial charge < -0.3 is 14.7 Å². The summed E-state index contributed by atoms with van der Waals surface area (Å²) in [5.74, 6) is 0.945. The van der Waals surface area contributed by atoms with Crippen LogP contribution in [0.15, 0.2) is 30.7 Å². The first-order valence-electron chi connectivity index (χ1n) is 8.95. The lowest BCUT2D eigenvalue weighted by molar-refractivity contribution is 0.0747. The number of hydrogen-bond donors (Lipinski definition) is 0. The normalized spacial score (nSPS) is 18.0. The molecule has 2 saturated heterocycles. The maximum absolute atomic E-state index is 13.0. The van der Waals surface area contributed by atoms with Gasteiger partial charge in [-0.1, -0.05) is 0 Å². The van der Waals surface area contributed by atoms with Crippen molar-refractivity contribution in [3.8, 4) is 0 Å². The third kappa shape index (κ3) is 3.18. The maximum atomic E-state index is 13.0. The Labute approximate surface area is 147 Å². The first-order valence-corrected chi connectivity index (χ1v) is 8.95. The van der Waals surface area contributed by atoms with E-state index in [0.29, 0.717) is 0 Å². The van der Waals surface area contributed by atoms with Crippen LogP contribution in [0, 0.1) is 0 Å². The van der Waals surface area contributed by atoms with E-state index in [2.05, 4.69) is 19.9 Å². The van der Waals surface area contributed by atoms with Gasteiger partial charge in [0.25, 0.3) is 5.91 Å². The molecule has 0 bridgehead atoms. The first kappa shape index (κ1) is 15.9. The zero-order valence-electron chi connectivity index (χ0n) is 14.6. The smallest absolute Gasteiger partial charge is 0.257 e. The molecule has 132 valence electrons. The van der Waals surface area contributed by atoms with E-state index in [4.69, 9.17) is 0 Å². The number of anilines is 2. The number of nitrogens with zero attached hydrogens (tertiary/aromatic N) is 6. The van der Waals surface area contributed by atoms with E-state index in [9.17, 15) is 4.79 Å². The highest BCUT2D eigenvalue weighted by molar-refractivity contribution is 5.99. The van der Waals surface area contributed by atoms with Gasteiger partial charge in [-0.2, -0.15) is 5.10 Å². The number of amides is 1. The zero-order chi connectivity index (χ0) is 17.2. The van der Waals surface area contributed by atoms with Crippen molar-refractivity contribution in [3.63, 3.8) is 0 Å². The second-order valence-electron chi connectivity index (χ2n) is 6.72. The topological polar surface area (TPSA) is 57.5 Å². The number of aryl methyl sites for hydroxylation is 1. The predicted octanol–water partition coefficient (Wildman–Crippen LogP) is 1.38. The highest BCUT2D eigenvalue weighted by Gasteiger charge is 2.27. The Morgan fingerprint density at radius 1 is 1.04 bits per heavy atom. The molecule has 4 rings (SSSR count). The molecule has 2 fully saturated rings. The molecule has 0 N–H and O–H groups in total. The molecule has 0 aliphatic carbocycles. The van der Waals surface area contributed by atoms with Crippen LogP contribution in [0.25, 0.3) is 0 Å². The van der Waals surface area contributed by atoms with E-state index in [1.54, 1.807) is 6.20 Å². The van der Waals surface area contributed by atoms with Crippen molar-refractivity contribution in [2.45, 2.75) is 12.8 Å². The van der Waals surface area contributed by atoms with Crippen molar-refractivity contribution in [2.75, 3.05) is 49.1 Å². The third-order valence-electron chi connectivity index (χ3n) is 5.05. The fourth-order valence-electron chi connectivity index (χ4n) is 3.65. The Bertz CT molecular complexity index is 744. The Morgan fingerprint density at radius 3 is 2.48 bits per heavy atom. The van der Waals surface area contributed by atoms with Crippen LogP contribution in [0.4, 0.5) is 11.5 Å². The fourth-order valence-corrected chi connectivity index (χ4v) is 3.65. The van der Waals surface area contributed by atoms with Crippen LogP contribution >= 0.6 is 0 Å². The van der Waals surface area contributed by atoms with Crippen molar-refractivity contribution < 1.29 is 4.79 Å². The van der Waals surface area contributed by atoms with Gasteiger partial charge in [0, 0.05) is 58.7 Å². The summed E-state index contributed by atoms with van der Waals surface area (Å²) >= 11 is 0. The molecule has 0 saturated carbocycles. The number of carbonyl (C=O) groups excluding carboxylic acids is 1. The van der Waals surface area contributed by atoms with E-state index in [-0.39, 0.29) is 5.91 Å². The third-order valence-corrected chi connectivity index (χ3v) is 5.05. The molecule has 4 heterocycles. The quantitative estimate of drug-likeness (QED) is 0.845. The van der Waals surface area contributed by atoms with Gasteiger partial charge in [-0.15, -0.1) is 0 Å². The second-order valence-corrected chi connectivity index (χ2v) is 6.72. The van der Waals surface area contributed by atoms with E-state index in [1.165, 1.54) is 12.8 Å². The molecule has 2 aromatic heterocycles. The minimum Gasteiger partial charge on any atom is -0.365 e. The van der Waals surface area contributed by atoms with Gasteiger partial charge in [-0.05, 0) is 25.0 Å². The fraction of sp³-hybridized carbons (Fsp3) is 0.500. The average molecular weight is 340 g/mol. The molecule has 0 aromatic carbocycles. The van der Waals surface area contributed by atoms with Crippen molar-refractivity contribution in [3.05, 3.63) is 36.3 Å². The molecule has 2 aliphatic rings. The summed E-state index contributed by atoms with van der Waals surface area (Å²) in [5, 5.41) is 4.23. The molecule has 7 nitrogen and oxygen atoms in total. The molecule has 0 unspecified atom stereocenters. The minimum absolute atomic E-state index is 0.0980. The van der Waals surface area contributed by atoms with Gasteiger partial charge in [0.1, 0.15) is 5.82 Å². The Balaban J connectivity index is 1.46. The van der Waals surface area contributed by atoms with Crippen molar-refractivity contribution in [1.82, 2.24) is 19.7 Å². The van der Waals surface area contributed by atoms with E-state index < -0.39 is 0 Å². The van der Waals surface area contributed by atoms with E-state index in [1.807, 2.05) is 41.2 Å². The van der Waals surface area contributed by atoms with Crippen LogP contribution in [0.1, 0.15) is 23.2 Å². The predicted molar refractivity (Wildman–Crippen MR) is 97.0 cm³/mol. The molecule has 0 spiro atoms. The van der Waals surface area contributed by atoms with Gasteiger partial charge in [0.15, 0.2) is 0 Å². The minimum atomic E-state index is 0.0980. The van der Waals surface area contributed by atoms with Gasteiger partial charge in [-0.25, -0.2) is 4.98 Å². The molecule has 1 amide bonds. The SMILES string of the molecule is Cn1cc(N2CCN(C(=O)c3cccnc3N3CCCC3)CC2)cn1. The average Bonchev–Trinajstić information content (AvgIpc) is 3.33. The summed E-state index contributed by atoms with van der Waals surface area (Å²) in [6.07, 6.45) is 8.03. The first-order chi connectivity index (χ1) is 12.2. The number of hydrogen-bond acceptors (Lipinski definition) is 5. The lowest BCUT2D eigenvalue weighted by atomic mass is 10.2. The zero-order valence-corrected chi connectivity index (χ0v) is 14.6. The molecule has 0 radical (unpaired) electrons. The lowest BCUT2D eigenvalue weighted by Crippen LogP contribution is -2.49. The number of aromatic nitrogens is 3. The number of piperazine rings is 1.